The number of anilines is 3. The first-order valence-electron chi connectivity index (χ1n) is 6.26. The van der Waals surface area contributed by atoms with E-state index >= 15 is 0 Å². The quantitative estimate of drug-likeness (QED) is 0.692. The molecule has 6 heteroatoms. The monoisotopic (exact) mass is 323 g/mol. The van der Waals surface area contributed by atoms with Gasteiger partial charge >= 0.3 is 6.03 Å². The second kappa shape index (κ2) is 6.24. The lowest BCUT2D eigenvalue weighted by molar-refractivity contribution is 0.262. The number of amides is 2. The molecule has 0 saturated heterocycles. The van der Waals surface area contributed by atoms with E-state index in [1.807, 2.05) is 19.9 Å². The average Bonchev–Trinajstić information content (AvgIpc) is 2.40. The van der Waals surface area contributed by atoms with Gasteiger partial charge in [0.25, 0.3) is 0 Å². The minimum atomic E-state index is -0.376. The lowest BCUT2D eigenvalue weighted by Crippen LogP contribution is -2.20. The van der Waals surface area contributed by atoms with Gasteiger partial charge in [0.2, 0.25) is 0 Å². The first-order chi connectivity index (χ1) is 9.86. The number of halogens is 2. The van der Waals surface area contributed by atoms with Crippen molar-refractivity contribution in [2.75, 3.05) is 16.4 Å². The predicted octanol–water partition coefficient (Wildman–Crippen LogP) is 4.84. The average molecular weight is 324 g/mol. The largest absolute Gasteiger partial charge is 0.398 e. The van der Waals surface area contributed by atoms with Crippen LogP contribution in [0.25, 0.3) is 0 Å². The third-order valence-electron chi connectivity index (χ3n) is 3.02. The molecule has 21 heavy (non-hydrogen) atoms. The highest BCUT2D eigenvalue weighted by molar-refractivity contribution is 6.33. The summed E-state index contributed by atoms with van der Waals surface area (Å²) in [6.45, 7) is 3.73. The highest BCUT2D eigenvalue weighted by Crippen LogP contribution is 2.27. The van der Waals surface area contributed by atoms with Crippen molar-refractivity contribution in [2.45, 2.75) is 13.8 Å². The molecule has 0 aliphatic rings. The number of nitrogen functional groups attached to an aromatic ring is 1. The van der Waals surface area contributed by atoms with Crippen LogP contribution in [0.15, 0.2) is 30.3 Å². The Kier molecular flexibility index (Phi) is 4.60. The van der Waals surface area contributed by atoms with Crippen molar-refractivity contribution in [1.82, 2.24) is 0 Å². The number of carbonyl (C=O) groups is 1. The van der Waals surface area contributed by atoms with Crippen LogP contribution in [-0.2, 0) is 0 Å². The van der Waals surface area contributed by atoms with Crippen molar-refractivity contribution in [2.24, 2.45) is 0 Å². The van der Waals surface area contributed by atoms with Crippen LogP contribution in [0.1, 0.15) is 11.1 Å². The number of hydrogen-bond acceptors (Lipinski definition) is 2. The van der Waals surface area contributed by atoms with Gasteiger partial charge in [-0.05, 0) is 49.2 Å². The molecule has 0 aliphatic heterocycles. The van der Waals surface area contributed by atoms with Crippen LogP contribution in [0, 0.1) is 13.8 Å². The lowest BCUT2D eigenvalue weighted by atomic mass is 10.2. The molecule has 0 heterocycles. The second-order valence-corrected chi connectivity index (χ2v) is 5.55. The fourth-order valence-corrected chi connectivity index (χ4v) is 2.14. The molecule has 2 amide bonds. The minimum Gasteiger partial charge on any atom is -0.398 e. The molecule has 110 valence electrons. The van der Waals surface area contributed by atoms with Gasteiger partial charge in [-0.15, -0.1) is 0 Å². The Morgan fingerprint density at radius 2 is 1.71 bits per heavy atom. The Bertz CT molecular complexity index is 702. The Morgan fingerprint density at radius 1 is 1.00 bits per heavy atom. The van der Waals surface area contributed by atoms with Crippen molar-refractivity contribution < 1.29 is 4.79 Å². The summed E-state index contributed by atoms with van der Waals surface area (Å²) in [6.07, 6.45) is 0. The molecule has 0 unspecified atom stereocenters. The third-order valence-corrected chi connectivity index (χ3v) is 3.76. The predicted molar refractivity (Wildman–Crippen MR) is 89.4 cm³/mol. The Balaban J connectivity index is 2.11. The Hall–Kier alpha value is -1.91. The fraction of sp³-hybridized carbons (Fsp3) is 0.133. The van der Waals surface area contributed by atoms with E-state index in [4.69, 9.17) is 28.9 Å². The smallest absolute Gasteiger partial charge is 0.323 e. The van der Waals surface area contributed by atoms with Crippen LogP contribution in [0.4, 0.5) is 21.9 Å². The summed E-state index contributed by atoms with van der Waals surface area (Å²) in [6, 6.07) is 8.26. The van der Waals surface area contributed by atoms with Crippen LogP contribution in [-0.4, -0.2) is 6.03 Å². The highest BCUT2D eigenvalue weighted by Gasteiger charge is 2.08. The van der Waals surface area contributed by atoms with E-state index in [1.54, 1.807) is 24.3 Å². The summed E-state index contributed by atoms with van der Waals surface area (Å²) >= 11 is 12.0. The number of urea groups is 1. The molecular formula is C15H15Cl2N3O. The first-order valence-corrected chi connectivity index (χ1v) is 7.02. The van der Waals surface area contributed by atoms with E-state index in [9.17, 15) is 4.79 Å². The summed E-state index contributed by atoms with van der Waals surface area (Å²) in [4.78, 5) is 12.0. The molecule has 0 aliphatic carbocycles. The summed E-state index contributed by atoms with van der Waals surface area (Å²) in [7, 11) is 0. The standard InChI is InChI=1S/C15H15Cl2N3O/c1-8-3-4-10(6-11(8)16)19-15(21)20-14-7-12(17)13(18)5-9(14)2/h3-7H,18H2,1-2H3,(H2,19,20,21). The lowest BCUT2D eigenvalue weighted by Gasteiger charge is -2.12. The SMILES string of the molecule is Cc1ccc(NC(=O)Nc2cc(Cl)c(N)cc2C)cc1Cl. The normalized spacial score (nSPS) is 10.3. The Morgan fingerprint density at radius 3 is 2.38 bits per heavy atom. The van der Waals surface area contributed by atoms with Crippen molar-refractivity contribution in [3.05, 3.63) is 51.5 Å². The molecule has 0 fully saturated rings. The number of rotatable bonds is 2. The van der Waals surface area contributed by atoms with E-state index in [0.29, 0.717) is 27.1 Å². The highest BCUT2D eigenvalue weighted by atomic mass is 35.5. The summed E-state index contributed by atoms with van der Waals surface area (Å²) in [5.41, 5.74) is 9.17. The molecule has 0 atom stereocenters. The van der Waals surface area contributed by atoms with Gasteiger partial charge in [-0.2, -0.15) is 0 Å². The fourth-order valence-electron chi connectivity index (χ4n) is 1.79. The van der Waals surface area contributed by atoms with Gasteiger partial charge in [0, 0.05) is 16.4 Å². The maximum absolute atomic E-state index is 12.0. The molecule has 0 aromatic heterocycles. The van der Waals surface area contributed by atoms with E-state index < -0.39 is 0 Å². The topological polar surface area (TPSA) is 67.2 Å². The van der Waals surface area contributed by atoms with E-state index in [1.165, 1.54) is 0 Å². The summed E-state index contributed by atoms with van der Waals surface area (Å²) in [5.74, 6) is 0. The molecular weight excluding hydrogens is 309 g/mol. The van der Waals surface area contributed by atoms with Crippen molar-refractivity contribution in [3.63, 3.8) is 0 Å². The van der Waals surface area contributed by atoms with Crippen molar-refractivity contribution >= 4 is 46.3 Å². The molecule has 0 saturated carbocycles. The zero-order valence-electron chi connectivity index (χ0n) is 11.6. The van der Waals surface area contributed by atoms with E-state index in [2.05, 4.69) is 10.6 Å². The Labute approximate surface area is 133 Å². The zero-order valence-corrected chi connectivity index (χ0v) is 13.1. The van der Waals surface area contributed by atoms with Crippen molar-refractivity contribution in [3.8, 4) is 0 Å². The van der Waals surface area contributed by atoms with Crippen LogP contribution in [0.2, 0.25) is 10.0 Å². The van der Waals surface area contributed by atoms with Gasteiger partial charge in [0.05, 0.1) is 10.7 Å². The van der Waals surface area contributed by atoms with Gasteiger partial charge in [0.1, 0.15) is 0 Å². The van der Waals surface area contributed by atoms with Gasteiger partial charge in [-0.1, -0.05) is 29.3 Å². The number of nitrogens with two attached hydrogens (primary N) is 1. The molecule has 2 rings (SSSR count). The number of carbonyl (C=O) groups excluding carboxylic acids is 1. The van der Waals surface area contributed by atoms with Crippen LogP contribution in [0.5, 0.6) is 0 Å². The molecule has 4 nitrogen and oxygen atoms in total. The molecule has 2 aromatic rings. The van der Waals surface area contributed by atoms with Crippen LogP contribution in [0.3, 0.4) is 0 Å². The third kappa shape index (κ3) is 3.80. The van der Waals surface area contributed by atoms with E-state index in [-0.39, 0.29) is 6.03 Å². The number of aryl methyl sites for hydroxylation is 2. The molecule has 4 N–H and O–H groups in total. The number of benzene rings is 2. The van der Waals surface area contributed by atoms with Gasteiger partial charge in [-0.3, -0.25) is 0 Å². The first kappa shape index (κ1) is 15.5. The van der Waals surface area contributed by atoms with Gasteiger partial charge < -0.3 is 16.4 Å². The van der Waals surface area contributed by atoms with Crippen LogP contribution < -0.4 is 16.4 Å². The number of nitrogens with one attached hydrogen (secondary N) is 2. The summed E-state index contributed by atoms with van der Waals surface area (Å²) in [5, 5.41) is 6.43. The molecule has 0 spiro atoms. The second-order valence-electron chi connectivity index (χ2n) is 4.73. The zero-order chi connectivity index (χ0) is 15.6. The van der Waals surface area contributed by atoms with Gasteiger partial charge in [0.15, 0.2) is 0 Å². The minimum absolute atomic E-state index is 0.376. The van der Waals surface area contributed by atoms with Crippen LogP contribution >= 0.6 is 23.2 Å². The van der Waals surface area contributed by atoms with Gasteiger partial charge in [-0.25, -0.2) is 4.79 Å². The molecule has 0 radical (unpaired) electrons. The number of hydrogen-bond donors (Lipinski definition) is 3. The van der Waals surface area contributed by atoms with E-state index in [0.717, 1.165) is 11.1 Å². The maximum atomic E-state index is 12.0. The maximum Gasteiger partial charge on any atom is 0.323 e. The molecule has 2 aromatic carbocycles. The summed E-state index contributed by atoms with van der Waals surface area (Å²) < 4.78 is 0. The molecule has 0 bridgehead atoms. The van der Waals surface area contributed by atoms with Crippen molar-refractivity contribution in [1.29, 1.82) is 0 Å².